The highest BCUT2D eigenvalue weighted by atomic mass is 16.5. The number of rotatable bonds is 6. The molecule has 0 fully saturated rings. The van der Waals surface area contributed by atoms with Gasteiger partial charge in [-0.3, -0.25) is 9.79 Å². The first-order valence-electron chi connectivity index (χ1n) is 7.80. The lowest BCUT2D eigenvalue weighted by molar-refractivity contribution is -0.143. The minimum absolute atomic E-state index is 0.0259. The molecule has 1 aromatic rings. The molecule has 0 aliphatic carbocycles. The van der Waals surface area contributed by atoms with Gasteiger partial charge >= 0.3 is 11.9 Å². The van der Waals surface area contributed by atoms with Gasteiger partial charge in [0.15, 0.2) is 5.71 Å². The standard InChI is InChI=1S/C18H19N3O4/c1-3-25-14(22)9-10-18(12-7-5-4-6-8-12)13(11-19)15(20)16(21-18)17(23)24-2/h4-8H,3,9-10,20H2,1-2H3. The predicted octanol–water partition coefficient (Wildman–Crippen LogP) is 1.59. The third-order valence-corrected chi connectivity index (χ3v) is 3.98. The zero-order valence-electron chi connectivity index (χ0n) is 14.1. The van der Waals surface area contributed by atoms with Crippen LogP contribution in [0.15, 0.2) is 46.6 Å². The summed E-state index contributed by atoms with van der Waals surface area (Å²) in [6.07, 6.45) is 0.180. The Kier molecular flexibility index (Phi) is 5.55. The largest absolute Gasteiger partial charge is 0.466 e. The Balaban J connectivity index is 2.56. The number of carbonyl (C=O) groups is 2. The molecular weight excluding hydrogens is 322 g/mol. The van der Waals surface area contributed by atoms with Crippen LogP contribution < -0.4 is 5.73 Å². The molecular formula is C18H19N3O4. The van der Waals surface area contributed by atoms with Crippen molar-refractivity contribution in [3.05, 3.63) is 47.2 Å². The zero-order chi connectivity index (χ0) is 18.4. The Morgan fingerprint density at radius 3 is 2.56 bits per heavy atom. The van der Waals surface area contributed by atoms with Gasteiger partial charge in [-0.1, -0.05) is 30.3 Å². The molecule has 2 rings (SSSR count). The number of methoxy groups -OCH3 is 1. The van der Waals surface area contributed by atoms with Crippen LogP contribution in [0.3, 0.4) is 0 Å². The van der Waals surface area contributed by atoms with Gasteiger partial charge in [0.05, 0.1) is 31.1 Å². The lowest BCUT2D eigenvalue weighted by atomic mass is 9.80. The van der Waals surface area contributed by atoms with Crippen molar-refractivity contribution in [1.82, 2.24) is 0 Å². The second kappa shape index (κ2) is 7.62. The van der Waals surface area contributed by atoms with Crippen molar-refractivity contribution in [3.63, 3.8) is 0 Å². The maximum absolute atomic E-state index is 12.0. The van der Waals surface area contributed by atoms with E-state index in [1.807, 2.05) is 12.1 Å². The third kappa shape index (κ3) is 3.38. The molecule has 7 nitrogen and oxygen atoms in total. The third-order valence-electron chi connectivity index (χ3n) is 3.98. The van der Waals surface area contributed by atoms with Crippen molar-refractivity contribution < 1.29 is 19.1 Å². The molecule has 1 aliphatic heterocycles. The second-order valence-electron chi connectivity index (χ2n) is 5.38. The first-order chi connectivity index (χ1) is 12.0. The molecule has 7 heteroatoms. The van der Waals surface area contributed by atoms with Gasteiger partial charge in [0.2, 0.25) is 0 Å². The molecule has 0 bridgehead atoms. The Hall–Kier alpha value is -3.14. The Morgan fingerprint density at radius 2 is 2.00 bits per heavy atom. The topological polar surface area (TPSA) is 115 Å². The van der Waals surface area contributed by atoms with Crippen molar-refractivity contribution >= 4 is 17.7 Å². The van der Waals surface area contributed by atoms with Gasteiger partial charge < -0.3 is 15.2 Å². The highest BCUT2D eigenvalue weighted by Gasteiger charge is 2.45. The quantitative estimate of drug-likeness (QED) is 0.786. The summed E-state index contributed by atoms with van der Waals surface area (Å²) in [5, 5.41) is 9.64. The minimum Gasteiger partial charge on any atom is -0.466 e. The van der Waals surface area contributed by atoms with Crippen LogP contribution >= 0.6 is 0 Å². The number of hydrogen-bond acceptors (Lipinski definition) is 7. The van der Waals surface area contributed by atoms with E-state index >= 15 is 0 Å². The fourth-order valence-electron chi connectivity index (χ4n) is 2.82. The van der Waals surface area contributed by atoms with E-state index < -0.39 is 17.5 Å². The Morgan fingerprint density at radius 1 is 1.32 bits per heavy atom. The van der Waals surface area contributed by atoms with Gasteiger partial charge in [0.1, 0.15) is 5.54 Å². The number of ether oxygens (including phenoxy) is 2. The smallest absolute Gasteiger partial charge is 0.358 e. The first kappa shape index (κ1) is 18.2. The molecule has 25 heavy (non-hydrogen) atoms. The SMILES string of the molecule is CCOC(=O)CCC1(c2ccccc2)N=C(C(=O)OC)C(N)=C1C#N. The lowest BCUT2D eigenvalue weighted by Gasteiger charge is -2.27. The molecule has 0 spiro atoms. The van der Waals surface area contributed by atoms with Crippen LogP contribution in [0, 0.1) is 11.3 Å². The van der Waals surface area contributed by atoms with E-state index in [0.29, 0.717) is 5.56 Å². The van der Waals surface area contributed by atoms with Crippen LogP contribution in [-0.2, 0) is 24.6 Å². The number of benzene rings is 1. The maximum Gasteiger partial charge on any atom is 0.358 e. The highest BCUT2D eigenvalue weighted by molar-refractivity contribution is 6.44. The summed E-state index contributed by atoms with van der Waals surface area (Å²) in [6.45, 7) is 1.98. The van der Waals surface area contributed by atoms with Gasteiger partial charge in [-0.25, -0.2) is 4.79 Å². The number of hydrogen-bond donors (Lipinski definition) is 1. The molecule has 130 valence electrons. The first-order valence-corrected chi connectivity index (χ1v) is 7.80. The van der Waals surface area contributed by atoms with E-state index in [0.717, 1.165) is 0 Å². The van der Waals surface area contributed by atoms with Crippen molar-refractivity contribution in [2.45, 2.75) is 25.3 Å². The van der Waals surface area contributed by atoms with E-state index in [9.17, 15) is 14.9 Å². The lowest BCUT2D eigenvalue weighted by Crippen LogP contribution is -2.26. The average Bonchev–Trinajstić information content (AvgIpc) is 2.93. The molecule has 1 unspecified atom stereocenters. The molecule has 1 aliphatic rings. The van der Waals surface area contributed by atoms with Crippen LogP contribution in [-0.4, -0.2) is 31.4 Å². The number of esters is 2. The number of carbonyl (C=O) groups excluding carboxylic acids is 2. The molecule has 1 atom stereocenters. The maximum atomic E-state index is 12.0. The number of nitriles is 1. The number of nitrogens with two attached hydrogens (primary N) is 1. The Labute approximate surface area is 145 Å². The van der Waals surface area contributed by atoms with Gasteiger partial charge in [0.25, 0.3) is 0 Å². The van der Waals surface area contributed by atoms with Gasteiger partial charge in [0, 0.05) is 6.42 Å². The van der Waals surface area contributed by atoms with Crippen LogP contribution in [0.4, 0.5) is 0 Å². The van der Waals surface area contributed by atoms with E-state index in [1.54, 1.807) is 31.2 Å². The van der Waals surface area contributed by atoms with Crippen LogP contribution in [0.1, 0.15) is 25.3 Å². The summed E-state index contributed by atoms with van der Waals surface area (Å²) >= 11 is 0. The molecule has 0 saturated carbocycles. The van der Waals surface area contributed by atoms with E-state index in [-0.39, 0.29) is 36.4 Å². The van der Waals surface area contributed by atoms with Crippen molar-refractivity contribution in [1.29, 1.82) is 5.26 Å². The molecule has 0 aromatic heterocycles. The summed E-state index contributed by atoms with van der Waals surface area (Å²) < 4.78 is 9.67. The molecule has 1 aromatic carbocycles. The van der Waals surface area contributed by atoms with E-state index in [4.69, 9.17) is 15.2 Å². The minimum atomic E-state index is -1.21. The molecule has 0 saturated heterocycles. The van der Waals surface area contributed by atoms with Crippen LogP contribution in [0.5, 0.6) is 0 Å². The van der Waals surface area contributed by atoms with Gasteiger partial charge in [-0.05, 0) is 18.9 Å². The summed E-state index contributed by atoms with van der Waals surface area (Å²) in [4.78, 5) is 28.2. The van der Waals surface area contributed by atoms with E-state index in [1.165, 1.54) is 7.11 Å². The van der Waals surface area contributed by atoms with E-state index in [2.05, 4.69) is 4.99 Å². The van der Waals surface area contributed by atoms with Crippen LogP contribution in [0.25, 0.3) is 0 Å². The molecule has 0 radical (unpaired) electrons. The fourth-order valence-corrected chi connectivity index (χ4v) is 2.82. The van der Waals surface area contributed by atoms with Crippen molar-refractivity contribution in [2.75, 3.05) is 13.7 Å². The monoisotopic (exact) mass is 341 g/mol. The van der Waals surface area contributed by atoms with Gasteiger partial charge in [-0.15, -0.1) is 0 Å². The van der Waals surface area contributed by atoms with Gasteiger partial charge in [-0.2, -0.15) is 5.26 Å². The summed E-state index contributed by atoms with van der Waals surface area (Å²) in [7, 11) is 1.21. The van der Waals surface area contributed by atoms with Crippen molar-refractivity contribution in [3.8, 4) is 6.07 Å². The summed E-state index contributed by atoms with van der Waals surface area (Å²) in [5.74, 6) is -1.13. The molecule has 1 heterocycles. The number of aliphatic imine (C=N–C) groups is 1. The summed E-state index contributed by atoms with van der Waals surface area (Å²) in [6, 6.07) is 11.0. The zero-order valence-corrected chi connectivity index (χ0v) is 14.1. The normalized spacial score (nSPS) is 19.2. The fraction of sp³-hybridized carbons (Fsp3) is 0.333. The second-order valence-corrected chi connectivity index (χ2v) is 5.38. The Bertz CT molecular complexity index is 777. The predicted molar refractivity (Wildman–Crippen MR) is 90.3 cm³/mol. The highest BCUT2D eigenvalue weighted by Crippen LogP contribution is 2.43. The number of nitrogens with zero attached hydrogens (tertiary/aromatic N) is 2. The van der Waals surface area contributed by atoms with Crippen LogP contribution in [0.2, 0.25) is 0 Å². The summed E-state index contributed by atoms with van der Waals surface area (Å²) in [5.41, 5.74) is 5.45. The average molecular weight is 341 g/mol. The molecule has 2 N–H and O–H groups in total. The van der Waals surface area contributed by atoms with Crippen molar-refractivity contribution in [2.24, 2.45) is 10.7 Å². The molecule has 0 amide bonds.